The maximum atomic E-state index is 11.1. The van der Waals surface area contributed by atoms with Crippen LogP contribution in [0.25, 0.3) is 0 Å². The number of carboxylic acids is 1. The Balaban J connectivity index is 2.19. The Bertz CT molecular complexity index is 596. The molecule has 4 nitrogen and oxygen atoms in total. The zero-order valence-corrected chi connectivity index (χ0v) is 10.7. The number of ether oxygens (including phenoxy) is 1. The highest BCUT2D eigenvalue weighted by molar-refractivity contribution is 6.30. The van der Waals surface area contributed by atoms with Crippen LogP contribution in [0.4, 0.5) is 5.69 Å². The van der Waals surface area contributed by atoms with E-state index in [9.17, 15) is 4.79 Å². The van der Waals surface area contributed by atoms with Crippen LogP contribution in [0.1, 0.15) is 15.9 Å². The molecule has 98 valence electrons. The fourth-order valence-electron chi connectivity index (χ4n) is 1.62. The van der Waals surface area contributed by atoms with Crippen molar-refractivity contribution in [3.8, 4) is 5.75 Å². The Morgan fingerprint density at radius 1 is 1.21 bits per heavy atom. The van der Waals surface area contributed by atoms with Crippen molar-refractivity contribution in [2.24, 2.45) is 0 Å². The van der Waals surface area contributed by atoms with E-state index in [1.807, 2.05) is 12.1 Å². The molecule has 0 aromatic heterocycles. The van der Waals surface area contributed by atoms with Crippen LogP contribution in [0.3, 0.4) is 0 Å². The number of nitrogen functional groups attached to an aromatic ring is 1. The van der Waals surface area contributed by atoms with Crippen molar-refractivity contribution in [2.75, 3.05) is 5.73 Å². The molecular weight excluding hydrogens is 266 g/mol. The number of halogens is 1. The largest absolute Gasteiger partial charge is 0.486 e. The highest BCUT2D eigenvalue weighted by atomic mass is 35.5. The molecule has 0 aliphatic rings. The Hall–Kier alpha value is -2.20. The van der Waals surface area contributed by atoms with E-state index in [1.165, 1.54) is 6.07 Å². The molecule has 0 amide bonds. The molecule has 0 saturated carbocycles. The van der Waals surface area contributed by atoms with Crippen LogP contribution in [0.15, 0.2) is 42.5 Å². The van der Waals surface area contributed by atoms with Gasteiger partial charge in [0.1, 0.15) is 12.2 Å². The summed E-state index contributed by atoms with van der Waals surface area (Å²) in [5, 5.41) is 9.70. The molecule has 0 saturated heterocycles. The van der Waals surface area contributed by atoms with Crippen molar-refractivity contribution in [3.63, 3.8) is 0 Å². The summed E-state index contributed by atoms with van der Waals surface area (Å²) in [7, 11) is 0. The summed E-state index contributed by atoms with van der Waals surface area (Å²) in [4.78, 5) is 11.1. The molecule has 5 heteroatoms. The highest BCUT2D eigenvalue weighted by Crippen LogP contribution is 2.27. The number of nitrogens with two attached hydrogens (primary N) is 1. The molecule has 2 aromatic carbocycles. The lowest BCUT2D eigenvalue weighted by Gasteiger charge is -2.11. The molecule has 3 N–H and O–H groups in total. The number of carbonyl (C=O) groups is 1. The van der Waals surface area contributed by atoms with E-state index in [0.717, 1.165) is 5.56 Å². The number of benzene rings is 2. The first kappa shape index (κ1) is 13.2. The first-order chi connectivity index (χ1) is 9.08. The van der Waals surface area contributed by atoms with Crippen LogP contribution in [0, 0.1) is 0 Å². The first-order valence-corrected chi connectivity index (χ1v) is 5.95. The topological polar surface area (TPSA) is 72.6 Å². The smallest absolute Gasteiger partial charge is 0.339 e. The summed E-state index contributed by atoms with van der Waals surface area (Å²) >= 11 is 5.78. The predicted molar refractivity (Wildman–Crippen MR) is 73.6 cm³/mol. The van der Waals surface area contributed by atoms with Gasteiger partial charge in [-0.2, -0.15) is 0 Å². The van der Waals surface area contributed by atoms with E-state index in [4.69, 9.17) is 27.2 Å². The predicted octanol–water partition coefficient (Wildman–Crippen LogP) is 3.20. The molecule has 0 radical (unpaired) electrons. The van der Waals surface area contributed by atoms with Gasteiger partial charge in [-0.3, -0.25) is 0 Å². The second-order valence-corrected chi connectivity index (χ2v) is 4.38. The Morgan fingerprint density at radius 2 is 1.89 bits per heavy atom. The molecule has 0 aliphatic carbocycles. The molecule has 0 fully saturated rings. The summed E-state index contributed by atoms with van der Waals surface area (Å²) in [6, 6.07) is 11.7. The van der Waals surface area contributed by atoms with Gasteiger partial charge in [0, 0.05) is 5.02 Å². The summed E-state index contributed by atoms with van der Waals surface area (Å²) < 4.78 is 5.51. The van der Waals surface area contributed by atoms with Gasteiger partial charge in [-0.15, -0.1) is 0 Å². The van der Waals surface area contributed by atoms with Gasteiger partial charge in [-0.05, 0) is 29.8 Å². The summed E-state index contributed by atoms with van der Waals surface area (Å²) in [6.07, 6.45) is 0. The van der Waals surface area contributed by atoms with Crippen LogP contribution in [0.5, 0.6) is 5.75 Å². The van der Waals surface area contributed by atoms with Gasteiger partial charge in [-0.1, -0.05) is 29.8 Å². The Labute approximate surface area is 115 Å². The minimum atomic E-state index is -1.07. The summed E-state index contributed by atoms with van der Waals surface area (Å²) in [5.41, 5.74) is 6.97. The number of carboxylic acid groups (broad SMARTS) is 1. The third-order valence-corrected chi connectivity index (χ3v) is 2.82. The van der Waals surface area contributed by atoms with Gasteiger partial charge >= 0.3 is 5.97 Å². The quantitative estimate of drug-likeness (QED) is 0.842. The fourth-order valence-corrected chi connectivity index (χ4v) is 1.75. The molecule has 0 spiro atoms. The lowest BCUT2D eigenvalue weighted by atomic mass is 10.1. The molecule has 0 heterocycles. The first-order valence-electron chi connectivity index (χ1n) is 5.57. The number of hydrogen-bond donors (Lipinski definition) is 2. The van der Waals surface area contributed by atoms with E-state index in [2.05, 4.69) is 0 Å². The zero-order chi connectivity index (χ0) is 13.8. The van der Waals surface area contributed by atoms with E-state index >= 15 is 0 Å². The van der Waals surface area contributed by atoms with Crippen LogP contribution in [-0.2, 0) is 6.61 Å². The average Bonchev–Trinajstić information content (AvgIpc) is 2.39. The van der Waals surface area contributed by atoms with Crippen LogP contribution in [0.2, 0.25) is 5.02 Å². The standard InChI is InChI=1S/C14H12ClNO3/c15-10-6-4-9(5-7-10)8-19-13-11(14(17)18)2-1-3-12(13)16/h1-7H,8,16H2,(H,17,18). The van der Waals surface area contributed by atoms with Crippen molar-refractivity contribution >= 4 is 23.3 Å². The molecular formula is C14H12ClNO3. The lowest BCUT2D eigenvalue weighted by Crippen LogP contribution is -2.06. The second-order valence-electron chi connectivity index (χ2n) is 3.94. The number of anilines is 1. The van der Waals surface area contributed by atoms with Crippen molar-refractivity contribution in [3.05, 3.63) is 58.6 Å². The van der Waals surface area contributed by atoms with Crippen LogP contribution < -0.4 is 10.5 Å². The maximum absolute atomic E-state index is 11.1. The minimum Gasteiger partial charge on any atom is -0.486 e. The van der Waals surface area contributed by atoms with Crippen molar-refractivity contribution in [2.45, 2.75) is 6.61 Å². The summed E-state index contributed by atoms with van der Waals surface area (Å²) in [6.45, 7) is 0.228. The van der Waals surface area contributed by atoms with Gasteiger partial charge < -0.3 is 15.6 Å². The monoisotopic (exact) mass is 277 g/mol. The van der Waals surface area contributed by atoms with Crippen LogP contribution in [-0.4, -0.2) is 11.1 Å². The zero-order valence-electron chi connectivity index (χ0n) is 9.97. The lowest BCUT2D eigenvalue weighted by molar-refractivity contribution is 0.0692. The number of aromatic carboxylic acids is 1. The van der Waals surface area contributed by atoms with E-state index in [1.54, 1.807) is 24.3 Å². The van der Waals surface area contributed by atoms with Gasteiger partial charge in [0.25, 0.3) is 0 Å². The Kier molecular flexibility index (Phi) is 3.92. The van der Waals surface area contributed by atoms with Crippen molar-refractivity contribution in [1.82, 2.24) is 0 Å². The highest BCUT2D eigenvalue weighted by Gasteiger charge is 2.13. The van der Waals surface area contributed by atoms with Gasteiger partial charge in [0.2, 0.25) is 0 Å². The second kappa shape index (κ2) is 5.63. The maximum Gasteiger partial charge on any atom is 0.339 e. The number of hydrogen-bond acceptors (Lipinski definition) is 3. The molecule has 0 bridgehead atoms. The summed E-state index contributed by atoms with van der Waals surface area (Å²) in [5.74, 6) is -0.886. The van der Waals surface area contributed by atoms with Gasteiger partial charge in [0.05, 0.1) is 5.69 Å². The molecule has 0 atom stereocenters. The molecule has 2 aromatic rings. The number of para-hydroxylation sites is 1. The molecule has 0 aliphatic heterocycles. The molecule has 2 rings (SSSR count). The van der Waals surface area contributed by atoms with Gasteiger partial charge in [0.15, 0.2) is 5.75 Å². The number of rotatable bonds is 4. The SMILES string of the molecule is Nc1cccc(C(=O)O)c1OCc1ccc(Cl)cc1. The van der Waals surface area contributed by atoms with E-state index in [0.29, 0.717) is 10.7 Å². The normalized spacial score (nSPS) is 10.2. The molecule has 19 heavy (non-hydrogen) atoms. The van der Waals surface area contributed by atoms with Crippen LogP contribution >= 0.6 is 11.6 Å². The fraction of sp³-hybridized carbons (Fsp3) is 0.0714. The molecule has 0 unspecified atom stereocenters. The van der Waals surface area contributed by atoms with Gasteiger partial charge in [-0.25, -0.2) is 4.79 Å². The third-order valence-electron chi connectivity index (χ3n) is 2.57. The minimum absolute atomic E-state index is 0.0500. The Morgan fingerprint density at radius 3 is 2.53 bits per heavy atom. The van der Waals surface area contributed by atoms with E-state index < -0.39 is 5.97 Å². The van der Waals surface area contributed by atoms with E-state index in [-0.39, 0.29) is 17.9 Å². The van der Waals surface area contributed by atoms with Crippen molar-refractivity contribution < 1.29 is 14.6 Å². The third kappa shape index (κ3) is 3.17. The average molecular weight is 278 g/mol. The van der Waals surface area contributed by atoms with Crippen molar-refractivity contribution in [1.29, 1.82) is 0 Å².